The second-order valence-electron chi connectivity index (χ2n) is 6.54. The van der Waals surface area contributed by atoms with Crippen LogP contribution in [0.1, 0.15) is 17.0 Å². The first-order chi connectivity index (χ1) is 13.3. The zero-order valence-electron chi connectivity index (χ0n) is 14.9. The molecule has 142 valence electrons. The Bertz CT molecular complexity index is 1140. The van der Waals surface area contributed by atoms with Crippen molar-refractivity contribution in [3.63, 3.8) is 0 Å². The molecule has 0 radical (unpaired) electrons. The van der Waals surface area contributed by atoms with Crippen LogP contribution in [0.5, 0.6) is 0 Å². The Labute approximate surface area is 158 Å². The predicted molar refractivity (Wildman–Crippen MR) is 99.1 cm³/mol. The van der Waals surface area contributed by atoms with Crippen molar-refractivity contribution in [3.05, 3.63) is 89.9 Å². The van der Waals surface area contributed by atoms with Gasteiger partial charge in [0.2, 0.25) is 5.60 Å². The molecular weight excluding hydrogens is 367 g/mol. The SMILES string of the molecule is Cc1cccc(C(O)(c2ccc3c(cnn3-c3ccccc3)c2)C(F)(F)F)n1. The summed E-state index contributed by atoms with van der Waals surface area (Å²) >= 11 is 0. The standard InChI is InChI=1S/C21H16F3N3O/c1-14-6-5-9-19(26-14)20(28,21(22,23)24)16-10-11-18-15(12-16)13-25-27(18)17-7-3-2-4-8-17/h2-13,28H,1H3. The van der Waals surface area contributed by atoms with E-state index in [2.05, 4.69) is 10.1 Å². The Morgan fingerprint density at radius 2 is 1.68 bits per heavy atom. The quantitative estimate of drug-likeness (QED) is 0.566. The van der Waals surface area contributed by atoms with E-state index in [4.69, 9.17) is 0 Å². The lowest BCUT2D eigenvalue weighted by molar-refractivity contribution is -0.249. The van der Waals surface area contributed by atoms with Gasteiger partial charge in [-0.1, -0.05) is 30.3 Å². The number of fused-ring (bicyclic) bond motifs is 1. The number of aromatic nitrogens is 3. The Balaban J connectivity index is 1.89. The highest BCUT2D eigenvalue weighted by molar-refractivity contribution is 5.81. The highest BCUT2D eigenvalue weighted by Gasteiger charge is 2.57. The van der Waals surface area contributed by atoms with Gasteiger partial charge in [-0.05, 0) is 48.9 Å². The van der Waals surface area contributed by atoms with Crippen LogP contribution in [0.15, 0.2) is 72.9 Å². The number of aliphatic hydroxyl groups is 1. The third-order valence-electron chi connectivity index (χ3n) is 4.66. The van der Waals surface area contributed by atoms with E-state index in [0.29, 0.717) is 16.6 Å². The predicted octanol–water partition coefficient (Wildman–Crippen LogP) is 4.53. The lowest BCUT2D eigenvalue weighted by Gasteiger charge is -2.30. The molecule has 4 rings (SSSR count). The number of pyridine rings is 1. The first-order valence-corrected chi connectivity index (χ1v) is 8.57. The Hall–Kier alpha value is -3.19. The average Bonchev–Trinajstić information content (AvgIpc) is 3.10. The van der Waals surface area contributed by atoms with E-state index in [1.807, 2.05) is 30.3 Å². The van der Waals surface area contributed by atoms with Crippen molar-refractivity contribution in [2.24, 2.45) is 0 Å². The maximum Gasteiger partial charge on any atom is 0.427 e. The fourth-order valence-electron chi connectivity index (χ4n) is 3.23. The molecule has 4 nitrogen and oxygen atoms in total. The van der Waals surface area contributed by atoms with Crippen molar-refractivity contribution >= 4 is 10.9 Å². The number of hydrogen-bond acceptors (Lipinski definition) is 3. The van der Waals surface area contributed by atoms with Gasteiger partial charge >= 0.3 is 6.18 Å². The molecule has 0 saturated carbocycles. The number of rotatable bonds is 3. The summed E-state index contributed by atoms with van der Waals surface area (Å²) in [6, 6.07) is 17.6. The van der Waals surface area contributed by atoms with Crippen LogP contribution in [0.2, 0.25) is 0 Å². The molecule has 1 atom stereocenters. The smallest absolute Gasteiger partial charge is 0.371 e. The highest BCUT2D eigenvalue weighted by atomic mass is 19.4. The van der Waals surface area contributed by atoms with Crippen LogP contribution in [0.4, 0.5) is 13.2 Å². The van der Waals surface area contributed by atoms with E-state index in [0.717, 1.165) is 5.69 Å². The van der Waals surface area contributed by atoms with Gasteiger partial charge in [0, 0.05) is 11.1 Å². The molecule has 1 unspecified atom stereocenters. The maximum atomic E-state index is 14.0. The van der Waals surface area contributed by atoms with E-state index in [1.54, 1.807) is 17.7 Å². The number of hydrogen-bond donors (Lipinski definition) is 1. The maximum absolute atomic E-state index is 14.0. The van der Waals surface area contributed by atoms with Gasteiger partial charge in [-0.3, -0.25) is 4.98 Å². The molecule has 0 spiro atoms. The second-order valence-corrected chi connectivity index (χ2v) is 6.54. The Morgan fingerprint density at radius 1 is 0.929 bits per heavy atom. The minimum absolute atomic E-state index is 0.307. The fraction of sp³-hybridized carbons (Fsp3) is 0.143. The van der Waals surface area contributed by atoms with Crippen LogP contribution in [-0.4, -0.2) is 26.0 Å². The number of alkyl halides is 3. The average molecular weight is 383 g/mol. The van der Waals surface area contributed by atoms with Crippen LogP contribution in [0.25, 0.3) is 16.6 Å². The molecule has 7 heteroatoms. The van der Waals surface area contributed by atoms with E-state index in [1.165, 1.54) is 36.5 Å². The summed E-state index contributed by atoms with van der Waals surface area (Å²) in [5.41, 5.74) is -2.18. The second kappa shape index (κ2) is 6.45. The molecular formula is C21H16F3N3O. The Morgan fingerprint density at radius 3 is 2.36 bits per heavy atom. The summed E-state index contributed by atoms with van der Waals surface area (Å²) in [6.45, 7) is 1.58. The van der Waals surface area contributed by atoms with Crippen molar-refractivity contribution in [1.82, 2.24) is 14.8 Å². The lowest BCUT2D eigenvalue weighted by Crippen LogP contribution is -2.44. The molecule has 4 aromatic rings. The van der Waals surface area contributed by atoms with Crippen LogP contribution >= 0.6 is 0 Å². The number of nitrogens with zero attached hydrogens (tertiary/aromatic N) is 3. The van der Waals surface area contributed by atoms with Crippen LogP contribution in [-0.2, 0) is 5.60 Å². The van der Waals surface area contributed by atoms with Crippen molar-refractivity contribution in [3.8, 4) is 5.69 Å². The minimum atomic E-state index is -4.95. The topological polar surface area (TPSA) is 50.9 Å². The summed E-state index contributed by atoms with van der Waals surface area (Å²) in [5.74, 6) is 0. The van der Waals surface area contributed by atoms with Gasteiger partial charge < -0.3 is 5.11 Å². The molecule has 0 bridgehead atoms. The number of halogens is 3. The van der Waals surface area contributed by atoms with Crippen LogP contribution in [0.3, 0.4) is 0 Å². The zero-order chi connectivity index (χ0) is 19.9. The molecule has 0 fully saturated rings. The fourth-order valence-corrected chi connectivity index (χ4v) is 3.23. The molecule has 2 heterocycles. The van der Waals surface area contributed by atoms with Crippen molar-refractivity contribution in [2.75, 3.05) is 0 Å². The number of benzene rings is 2. The summed E-state index contributed by atoms with van der Waals surface area (Å²) in [4.78, 5) is 3.93. The minimum Gasteiger partial charge on any atom is -0.371 e. The Kier molecular flexibility index (Phi) is 4.19. The molecule has 2 aromatic heterocycles. The van der Waals surface area contributed by atoms with Crippen molar-refractivity contribution in [1.29, 1.82) is 0 Å². The first kappa shape index (κ1) is 18.2. The monoisotopic (exact) mass is 383 g/mol. The molecule has 0 saturated heterocycles. The molecule has 0 aliphatic carbocycles. The van der Waals surface area contributed by atoms with E-state index in [-0.39, 0.29) is 5.56 Å². The number of aryl methyl sites for hydroxylation is 1. The largest absolute Gasteiger partial charge is 0.427 e. The molecule has 0 aliphatic rings. The third-order valence-corrected chi connectivity index (χ3v) is 4.66. The van der Waals surface area contributed by atoms with Crippen LogP contribution < -0.4 is 0 Å². The molecule has 28 heavy (non-hydrogen) atoms. The summed E-state index contributed by atoms with van der Waals surface area (Å²) in [7, 11) is 0. The molecule has 1 N–H and O–H groups in total. The van der Waals surface area contributed by atoms with Gasteiger partial charge in [0.15, 0.2) is 0 Å². The van der Waals surface area contributed by atoms with E-state index in [9.17, 15) is 18.3 Å². The van der Waals surface area contributed by atoms with Gasteiger partial charge in [-0.25, -0.2) is 4.68 Å². The van der Waals surface area contributed by atoms with Gasteiger partial charge in [-0.15, -0.1) is 0 Å². The molecule has 0 aliphatic heterocycles. The van der Waals surface area contributed by atoms with Crippen molar-refractivity contribution in [2.45, 2.75) is 18.7 Å². The molecule has 0 amide bonds. The highest BCUT2D eigenvalue weighted by Crippen LogP contribution is 2.44. The van der Waals surface area contributed by atoms with E-state index >= 15 is 0 Å². The first-order valence-electron chi connectivity index (χ1n) is 8.57. The molecule has 2 aromatic carbocycles. The summed E-state index contributed by atoms with van der Waals surface area (Å²) in [6.07, 6.45) is -3.47. The zero-order valence-corrected chi connectivity index (χ0v) is 14.9. The van der Waals surface area contributed by atoms with E-state index < -0.39 is 17.5 Å². The van der Waals surface area contributed by atoms with Crippen molar-refractivity contribution < 1.29 is 18.3 Å². The normalized spacial score (nSPS) is 14.2. The van der Waals surface area contributed by atoms with Gasteiger partial charge in [-0.2, -0.15) is 18.3 Å². The lowest BCUT2D eigenvalue weighted by atomic mass is 9.88. The van der Waals surface area contributed by atoms with Gasteiger partial charge in [0.05, 0.1) is 23.1 Å². The number of para-hydroxylation sites is 1. The van der Waals surface area contributed by atoms with Gasteiger partial charge in [0.25, 0.3) is 0 Å². The third kappa shape index (κ3) is 2.84. The summed E-state index contributed by atoms with van der Waals surface area (Å²) in [5, 5.41) is 15.5. The van der Waals surface area contributed by atoms with Gasteiger partial charge in [0.1, 0.15) is 0 Å². The summed E-state index contributed by atoms with van der Waals surface area (Å²) < 4.78 is 43.5. The van der Waals surface area contributed by atoms with Crippen LogP contribution in [0, 0.1) is 6.92 Å².